The van der Waals surface area contributed by atoms with Gasteiger partial charge in [0.05, 0.1) is 23.7 Å². The number of hydrogen-bond donors (Lipinski definition) is 1. The molecule has 1 aliphatic heterocycles. The van der Waals surface area contributed by atoms with Gasteiger partial charge in [0.15, 0.2) is 5.82 Å². The largest absolute Gasteiger partial charge is 0.360 e. The fraction of sp³-hybridized carbons (Fsp3) is 0.529. The molecule has 26 heavy (non-hydrogen) atoms. The van der Waals surface area contributed by atoms with Crippen molar-refractivity contribution < 1.29 is 14.1 Å². The van der Waals surface area contributed by atoms with E-state index in [-0.39, 0.29) is 17.6 Å². The van der Waals surface area contributed by atoms with Crippen LogP contribution in [-0.4, -0.2) is 56.2 Å². The molecule has 1 aliphatic rings. The lowest BCUT2D eigenvalue weighted by Gasteiger charge is -2.32. The summed E-state index contributed by atoms with van der Waals surface area (Å²) < 4.78 is 6.89. The maximum Gasteiger partial charge on any atom is 0.235 e. The molecule has 3 heterocycles. The second-order valence-electron chi connectivity index (χ2n) is 6.47. The van der Waals surface area contributed by atoms with Gasteiger partial charge in [0.1, 0.15) is 5.76 Å². The summed E-state index contributed by atoms with van der Waals surface area (Å²) in [7, 11) is 0. The number of piperidine rings is 1. The van der Waals surface area contributed by atoms with Gasteiger partial charge in [0.2, 0.25) is 11.8 Å². The number of aryl methyl sites for hydroxylation is 2. The molecule has 1 N–H and O–H groups in total. The maximum atomic E-state index is 12.3. The summed E-state index contributed by atoms with van der Waals surface area (Å²) in [5.74, 6) is 1.43. The quantitative estimate of drug-likeness (QED) is 0.828. The van der Waals surface area contributed by atoms with Gasteiger partial charge >= 0.3 is 0 Å². The van der Waals surface area contributed by atoms with Gasteiger partial charge in [0.25, 0.3) is 0 Å². The number of hydrogen-bond acceptors (Lipinski definition) is 6. The fourth-order valence-electron chi connectivity index (χ4n) is 2.94. The third-order valence-corrected chi connectivity index (χ3v) is 5.19. The van der Waals surface area contributed by atoms with Crippen molar-refractivity contribution in [1.29, 1.82) is 0 Å². The first-order valence-corrected chi connectivity index (χ1v) is 9.76. The molecule has 2 aromatic heterocycles. The Morgan fingerprint density at radius 3 is 2.69 bits per heavy atom. The Labute approximate surface area is 156 Å². The highest BCUT2D eigenvalue weighted by Crippen LogP contribution is 2.22. The first kappa shape index (κ1) is 18.5. The predicted octanol–water partition coefficient (Wildman–Crippen LogP) is 2.02. The first-order valence-electron chi connectivity index (χ1n) is 8.60. The highest BCUT2D eigenvalue weighted by molar-refractivity contribution is 8.00. The van der Waals surface area contributed by atoms with E-state index in [1.165, 1.54) is 11.8 Å². The van der Waals surface area contributed by atoms with E-state index in [0.29, 0.717) is 23.4 Å². The lowest BCUT2D eigenvalue weighted by atomic mass is 10.1. The summed E-state index contributed by atoms with van der Waals surface area (Å²) >= 11 is 1.31. The molecule has 1 fully saturated rings. The van der Waals surface area contributed by atoms with Crippen LogP contribution >= 0.6 is 11.8 Å². The SMILES string of the molecule is Cc1cnn(C2CCN(C(=O)CSCC(=O)Nc3cc(C)on3)CC2)c1. The number of carbonyl (C=O) groups excluding carboxylic acids is 2. The molecule has 9 heteroatoms. The third kappa shape index (κ3) is 4.87. The average molecular weight is 377 g/mol. The zero-order chi connectivity index (χ0) is 18.5. The van der Waals surface area contributed by atoms with E-state index in [2.05, 4.69) is 15.6 Å². The molecule has 140 valence electrons. The molecule has 0 radical (unpaired) electrons. The van der Waals surface area contributed by atoms with Crippen molar-refractivity contribution in [3.05, 3.63) is 29.8 Å². The molecular weight excluding hydrogens is 354 g/mol. The topological polar surface area (TPSA) is 93.3 Å². The minimum absolute atomic E-state index is 0.0789. The molecule has 0 unspecified atom stereocenters. The number of nitrogens with zero attached hydrogens (tertiary/aromatic N) is 4. The Morgan fingerprint density at radius 1 is 1.31 bits per heavy atom. The van der Waals surface area contributed by atoms with Crippen LogP contribution in [0.25, 0.3) is 0 Å². The Morgan fingerprint density at radius 2 is 2.08 bits per heavy atom. The van der Waals surface area contributed by atoms with E-state index in [1.807, 2.05) is 28.9 Å². The van der Waals surface area contributed by atoms with Gasteiger partial charge in [-0.1, -0.05) is 5.16 Å². The van der Waals surface area contributed by atoms with E-state index in [1.54, 1.807) is 13.0 Å². The van der Waals surface area contributed by atoms with Crippen LogP contribution in [0.3, 0.4) is 0 Å². The number of carbonyl (C=O) groups is 2. The summed E-state index contributed by atoms with van der Waals surface area (Å²) in [6.07, 6.45) is 5.72. The van der Waals surface area contributed by atoms with Crippen molar-refractivity contribution in [3.8, 4) is 0 Å². The zero-order valence-electron chi connectivity index (χ0n) is 15.0. The highest BCUT2D eigenvalue weighted by atomic mass is 32.2. The number of nitrogens with one attached hydrogen (secondary N) is 1. The Bertz CT molecular complexity index is 764. The molecule has 0 saturated carbocycles. The van der Waals surface area contributed by atoms with Crippen molar-refractivity contribution in [2.45, 2.75) is 32.7 Å². The number of aromatic nitrogens is 3. The molecule has 8 nitrogen and oxygen atoms in total. The number of amides is 2. The predicted molar refractivity (Wildman–Crippen MR) is 99.0 cm³/mol. The lowest BCUT2D eigenvalue weighted by Crippen LogP contribution is -2.40. The minimum Gasteiger partial charge on any atom is -0.360 e. The zero-order valence-corrected chi connectivity index (χ0v) is 15.8. The third-order valence-electron chi connectivity index (χ3n) is 4.28. The fourth-order valence-corrected chi connectivity index (χ4v) is 3.66. The summed E-state index contributed by atoms with van der Waals surface area (Å²) in [5.41, 5.74) is 1.15. The van der Waals surface area contributed by atoms with Crippen molar-refractivity contribution in [2.24, 2.45) is 0 Å². The monoisotopic (exact) mass is 377 g/mol. The first-order chi connectivity index (χ1) is 12.5. The second kappa shape index (κ2) is 8.39. The lowest BCUT2D eigenvalue weighted by molar-refractivity contribution is -0.129. The van der Waals surface area contributed by atoms with E-state index in [0.717, 1.165) is 31.5 Å². The molecular formula is C17H23N5O3S. The van der Waals surface area contributed by atoms with Crippen LogP contribution in [0.5, 0.6) is 0 Å². The molecule has 0 atom stereocenters. The second-order valence-corrected chi connectivity index (χ2v) is 7.46. The maximum absolute atomic E-state index is 12.3. The summed E-state index contributed by atoms with van der Waals surface area (Å²) in [4.78, 5) is 26.0. The van der Waals surface area contributed by atoms with E-state index in [4.69, 9.17) is 4.52 Å². The van der Waals surface area contributed by atoms with Crippen LogP contribution in [-0.2, 0) is 9.59 Å². The summed E-state index contributed by atoms with van der Waals surface area (Å²) in [6.45, 7) is 5.24. The Kier molecular flexibility index (Phi) is 5.97. The van der Waals surface area contributed by atoms with Gasteiger partial charge in [-0.15, -0.1) is 11.8 Å². The van der Waals surface area contributed by atoms with Gasteiger partial charge in [0, 0.05) is 25.4 Å². The molecule has 0 aliphatic carbocycles. The summed E-state index contributed by atoms with van der Waals surface area (Å²) in [5, 5.41) is 10.7. The van der Waals surface area contributed by atoms with Crippen LogP contribution in [0.15, 0.2) is 23.0 Å². The highest BCUT2D eigenvalue weighted by Gasteiger charge is 2.24. The molecule has 0 aromatic carbocycles. The van der Waals surface area contributed by atoms with Gasteiger partial charge in [-0.25, -0.2) is 0 Å². The van der Waals surface area contributed by atoms with Crippen LogP contribution in [0.4, 0.5) is 5.82 Å². The number of anilines is 1. The van der Waals surface area contributed by atoms with Crippen LogP contribution in [0.1, 0.15) is 30.2 Å². The van der Waals surface area contributed by atoms with Gasteiger partial charge in [-0.2, -0.15) is 5.10 Å². The van der Waals surface area contributed by atoms with Gasteiger partial charge < -0.3 is 14.7 Å². The van der Waals surface area contributed by atoms with E-state index >= 15 is 0 Å². The van der Waals surface area contributed by atoms with Crippen LogP contribution in [0.2, 0.25) is 0 Å². The Balaban J connectivity index is 1.36. The van der Waals surface area contributed by atoms with Crippen LogP contribution < -0.4 is 5.32 Å². The minimum atomic E-state index is -0.191. The van der Waals surface area contributed by atoms with Crippen molar-refractivity contribution in [2.75, 3.05) is 29.9 Å². The van der Waals surface area contributed by atoms with Gasteiger partial charge in [-0.3, -0.25) is 14.3 Å². The molecule has 2 aromatic rings. The summed E-state index contributed by atoms with van der Waals surface area (Å²) in [6, 6.07) is 2.01. The van der Waals surface area contributed by atoms with E-state index < -0.39 is 0 Å². The molecule has 1 saturated heterocycles. The standard InChI is InChI=1S/C17H23N5O3S/c1-12-8-18-22(9-12)14-3-5-21(6-4-14)17(24)11-26-10-16(23)19-15-7-13(2)25-20-15/h7-9,14H,3-6,10-11H2,1-2H3,(H,19,20,23). The molecule has 0 bridgehead atoms. The molecule has 2 amide bonds. The van der Waals surface area contributed by atoms with Crippen molar-refractivity contribution in [3.63, 3.8) is 0 Å². The smallest absolute Gasteiger partial charge is 0.235 e. The van der Waals surface area contributed by atoms with Crippen molar-refractivity contribution in [1.82, 2.24) is 19.8 Å². The molecule has 0 spiro atoms. The van der Waals surface area contributed by atoms with Crippen molar-refractivity contribution >= 4 is 29.4 Å². The number of rotatable bonds is 6. The Hall–Kier alpha value is -2.29. The van der Waals surface area contributed by atoms with Crippen LogP contribution in [0, 0.1) is 13.8 Å². The van der Waals surface area contributed by atoms with Gasteiger partial charge in [-0.05, 0) is 32.3 Å². The van der Waals surface area contributed by atoms with E-state index in [9.17, 15) is 9.59 Å². The normalized spacial score (nSPS) is 15.2. The number of likely N-dealkylation sites (tertiary alicyclic amines) is 1. The average Bonchev–Trinajstić information content (AvgIpc) is 3.23. The molecule has 3 rings (SSSR count). The number of thioether (sulfide) groups is 1.